The molecule has 0 aliphatic heterocycles. The van der Waals surface area contributed by atoms with Crippen LogP contribution >= 0.6 is 11.3 Å². The molecule has 1 heterocycles. The Morgan fingerprint density at radius 2 is 1.53 bits per heavy atom. The molecule has 0 nitrogen and oxygen atoms in total. The van der Waals surface area contributed by atoms with Crippen molar-refractivity contribution in [3.05, 3.63) is 21.9 Å². The Hall–Kier alpha value is -0.0831. The zero-order chi connectivity index (χ0) is 13.5. The number of rotatable bonds is 2. The highest BCUT2D eigenvalue weighted by atomic mass is 32.1. The van der Waals surface area contributed by atoms with Gasteiger partial charge in [0, 0.05) is 9.75 Å². The summed E-state index contributed by atoms with van der Waals surface area (Å²) in [5, 5.41) is 0.485. The molecule has 0 unspecified atom stereocenters. The van der Waals surface area contributed by atoms with Gasteiger partial charge in [0.05, 0.1) is 8.07 Å². The normalized spacial score (nSPS) is 14.1. The third-order valence-corrected chi connectivity index (χ3v) is 11.1. The molecule has 17 heavy (non-hydrogen) atoms. The van der Waals surface area contributed by atoms with E-state index in [-0.39, 0.29) is 0 Å². The lowest BCUT2D eigenvalue weighted by molar-refractivity contribution is 0.604. The zero-order valence-electron chi connectivity index (χ0n) is 12.8. The Morgan fingerprint density at radius 3 is 1.88 bits per heavy atom. The summed E-state index contributed by atoms with van der Waals surface area (Å²) in [6.45, 7) is 19.1. The molecule has 0 saturated heterocycles. The predicted molar refractivity (Wildman–Crippen MR) is 83.9 cm³/mol. The molecule has 0 N–H and O–H groups in total. The molecular weight excluding hydrogens is 240 g/mol. The molecular formula is C15H28SSi. The van der Waals surface area contributed by atoms with E-state index in [2.05, 4.69) is 66.8 Å². The Morgan fingerprint density at radius 1 is 1.00 bits per heavy atom. The van der Waals surface area contributed by atoms with Crippen molar-refractivity contribution in [3.63, 3.8) is 0 Å². The van der Waals surface area contributed by atoms with Gasteiger partial charge >= 0.3 is 0 Å². The Kier molecular flexibility index (Phi) is 4.00. The van der Waals surface area contributed by atoms with E-state index in [0.29, 0.717) is 10.5 Å². The fourth-order valence-electron chi connectivity index (χ4n) is 1.58. The van der Waals surface area contributed by atoms with Gasteiger partial charge in [0.2, 0.25) is 0 Å². The second-order valence-electron chi connectivity index (χ2n) is 7.83. The quantitative estimate of drug-likeness (QED) is 0.609. The molecule has 0 amide bonds. The topological polar surface area (TPSA) is 0 Å². The van der Waals surface area contributed by atoms with Crippen molar-refractivity contribution in [1.29, 1.82) is 0 Å². The molecule has 0 aliphatic carbocycles. The van der Waals surface area contributed by atoms with Crippen LogP contribution in [0.1, 0.15) is 51.3 Å². The van der Waals surface area contributed by atoms with Gasteiger partial charge in [0.1, 0.15) is 0 Å². The number of thiophene rings is 1. The highest BCUT2D eigenvalue weighted by molar-refractivity contribution is 7.12. The Labute approximate surface area is 112 Å². The number of hydrogen-bond donors (Lipinski definition) is 0. The summed E-state index contributed by atoms with van der Waals surface area (Å²) in [6.07, 6.45) is 0. The molecule has 98 valence electrons. The summed E-state index contributed by atoms with van der Waals surface area (Å²) < 4.78 is 0. The first-order chi connectivity index (χ1) is 7.43. The van der Waals surface area contributed by atoms with Gasteiger partial charge in [-0.15, -0.1) is 11.3 Å². The molecule has 0 saturated carbocycles. The first-order valence-corrected chi connectivity index (χ1v) is 10.5. The third kappa shape index (κ3) is 3.69. The zero-order valence-corrected chi connectivity index (χ0v) is 14.6. The second-order valence-corrected chi connectivity index (χ2v) is 14.6. The summed E-state index contributed by atoms with van der Waals surface area (Å²) in [5.74, 6) is 0. The average Bonchev–Trinajstić information content (AvgIpc) is 2.48. The van der Waals surface area contributed by atoms with Gasteiger partial charge in [-0.3, -0.25) is 0 Å². The monoisotopic (exact) mass is 268 g/mol. The molecule has 1 aromatic heterocycles. The summed E-state index contributed by atoms with van der Waals surface area (Å²) in [6, 6.07) is 6.00. The van der Waals surface area contributed by atoms with Crippen molar-refractivity contribution in [2.45, 2.75) is 71.1 Å². The van der Waals surface area contributed by atoms with Crippen LogP contribution in [0.4, 0.5) is 0 Å². The fourth-order valence-corrected chi connectivity index (χ4v) is 5.33. The van der Waals surface area contributed by atoms with Crippen LogP contribution < -0.4 is 0 Å². The van der Waals surface area contributed by atoms with E-state index in [1.165, 1.54) is 10.9 Å². The maximum atomic E-state index is 2.52. The van der Waals surface area contributed by atoms with E-state index in [0.717, 1.165) is 0 Å². The first kappa shape index (κ1) is 15.0. The molecule has 0 aromatic carbocycles. The lowest BCUT2D eigenvalue weighted by Crippen LogP contribution is -2.39. The van der Waals surface area contributed by atoms with Gasteiger partial charge in [-0.1, -0.05) is 54.6 Å². The van der Waals surface area contributed by atoms with Crippen LogP contribution in [0.25, 0.3) is 0 Å². The maximum absolute atomic E-state index is 2.52. The second kappa shape index (κ2) is 4.54. The van der Waals surface area contributed by atoms with Crippen LogP contribution in [0.5, 0.6) is 0 Å². The summed E-state index contributed by atoms with van der Waals surface area (Å²) in [5.41, 5.74) is 0.302. The van der Waals surface area contributed by atoms with E-state index in [9.17, 15) is 0 Å². The van der Waals surface area contributed by atoms with Gasteiger partial charge in [-0.05, 0) is 28.6 Å². The molecule has 1 rings (SSSR count). The van der Waals surface area contributed by atoms with Crippen molar-refractivity contribution in [3.8, 4) is 0 Å². The summed E-state index contributed by atoms with van der Waals surface area (Å²) in [7, 11) is -1.18. The standard InChI is InChI=1S/C15H28SSi/c1-14(2,3)13-10-9-12(16-13)11-17(7,8)15(4,5)6/h9-10H,11H2,1-8H3. The lowest BCUT2D eigenvalue weighted by atomic mass is 9.95. The predicted octanol–water partition coefficient (Wildman–Crippen LogP) is 5.64. The minimum absolute atomic E-state index is 0.302. The van der Waals surface area contributed by atoms with Crippen LogP contribution in [-0.2, 0) is 11.5 Å². The van der Waals surface area contributed by atoms with Gasteiger partial charge in [-0.2, -0.15) is 0 Å². The largest absolute Gasteiger partial charge is 0.145 e. The first-order valence-electron chi connectivity index (χ1n) is 6.53. The van der Waals surface area contributed by atoms with Crippen LogP contribution in [0.3, 0.4) is 0 Å². The van der Waals surface area contributed by atoms with E-state index < -0.39 is 8.07 Å². The van der Waals surface area contributed by atoms with Crippen LogP contribution in [-0.4, -0.2) is 8.07 Å². The van der Waals surface area contributed by atoms with Crippen molar-refractivity contribution in [2.75, 3.05) is 0 Å². The van der Waals surface area contributed by atoms with Gasteiger partial charge in [-0.25, -0.2) is 0 Å². The maximum Gasteiger partial charge on any atom is 0.0580 e. The molecule has 0 fully saturated rings. The van der Waals surface area contributed by atoms with Crippen LogP contribution in [0, 0.1) is 0 Å². The highest BCUT2D eigenvalue weighted by Crippen LogP contribution is 2.40. The molecule has 2 heteroatoms. The van der Waals surface area contributed by atoms with Crippen molar-refractivity contribution < 1.29 is 0 Å². The van der Waals surface area contributed by atoms with Crippen molar-refractivity contribution in [2.24, 2.45) is 0 Å². The van der Waals surface area contributed by atoms with Crippen molar-refractivity contribution in [1.82, 2.24) is 0 Å². The van der Waals surface area contributed by atoms with Crippen LogP contribution in [0.2, 0.25) is 18.1 Å². The van der Waals surface area contributed by atoms with Gasteiger partial charge in [0.25, 0.3) is 0 Å². The third-order valence-electron chi connectivity index (χ3n) is 4.05. The summed E-state index contributed by atoms with van der Waals surface area (Å²) in [4.78, 5) is 3.10. The Balaban J connectivity index is 2.87. The van der Waals surface area contributed by atoms with Gasteiger partial charge < -0.3 is 0 Å². The lowest BCUT2D eigenvalue weighted by Gasteiger charge is -2.36. The Bertz CT molecular complexity index is 374. The van der Waals surface area contributed by atoms with Gasteiger partial charge in [0.15, 0.2) is 0 Å². The summed E-state index contributed by atoms with van der Waals surface area (Å²) >= 11 is 2.02. The molecule has 1 aromatic rings. The molecule has 0 spiro atoms. The molecule has 0 bridgehead atoms. The molecule has 0 atom stereocenters. The van der Waals surface area contributed by atoms with E-state index in [1.807, 2.05) is 11.3 Å². The number of hydrogen-bond acceptors (Lipinski definition) is 1. The minimum Gasteiger partial charge on any atom is -0.145 e. The fraction of sp³-hybridized carbons (Fsp3) is 0.733. The van der Waals surface area contributed by atoms with Crippen molar-refractivity contribution >= 4 is 19.4 Å². The SMILES string of the molecule is CC(C)(C)c1ccc(C[Si](C)(C)C(C)(C)C)s1. The van der Waals surface area contributed by atoms with Crippen LogP contribution in [0.15, 0.2) is 12.1 Å². The molecule has 0 aliphatic rings. The average molecular weight is 269 g/mol. The highest BCUT2D eigenvalue weighted by Gasteiger charge is 2.35. The van der Waals surface area contributed by atoms with E-state index in [1.54, 1.807) is 4.88 Å². The van der Waals surface area contributed by atoms with E-state index >= 15 is 0 Å². The van der Waals surface area contributed by atoms with E-state index in [4.69, 9.17) is 0 Å². The molecule has 0 radical (unpaired) electrons. The minimum atomic E-state index is -1.18. The smallest absolute Gasteiger partial charge is 0.0580 e.